The van der Waals surface area contributed by atoms with E-state index in [-0.39, 0.29) is 11.9 Å². The Morgan fingerprint density at radius 3 is 2.95 bits per heavy atom. The highest BCUT2D eigenvalue weighted by Gasteiger charge is 2.34. The lowest BCUT2D eigenvalue weighted by molar-refractivity contribution is 0.0735. The number of nitrogens with zero attached hydrogens (tertiary/aromatic N) is 1. The predicted octanol–water partition coefficient (Wildman–Crippen LogP) is 3.55. The van der Waals surface area contributed by atoms with Gasteiger partial charge < -0.3 is 9.64 Å². The van der Waals surface area contributed by atoms with Crippen molar-refractivity contribution in [3.05, 3.63) is 28.2 Å². The maximum absolute atomic E-state index is 12.6. The molecule has 0 saturated carbocycles. The summed E-state index contributed by atoms with van der Waals surface area (Å²) in [5.74, 6) is 1.63. The first kappa shape index (κ1) is 14.7. The molecule has 5 heteroatoms. The van der Waals surface area contributed by atoms with Crippen LogP contribution in [0.15, 0.2) is 22.7 Å². The Bertz CT molecular complexity index is 481. The molecule has 2 unspecified atom stereocenters. The number of alkyl halides is 1. The van der Waals surface area contributed by atoms with Crippen LogP contribution < -0.4 is 4.74 Å². The van der Waals surface area contributed by atoms with Crippen LogP contribution in [-0.2, 0) is 0 Å². The molecule has 1 aromatic carbocycles. The lowest BCUT2D eigenvalue weighted by atomic mass is 10.0. The highest BCUT2D eigenvalue weighted by molar-refractivity contribution is 9.10. The van der Waals surface area contributed by atoms with Gasteiger partial charge in [0.25, 0.3) is 5.91 Å². The first-order valence-electron chi connectivity index (χ1n) is 6.29. The van der Waals surface area contributed by atoms with Crippen LogP contribution in [-0.4, -0.2) is 36.4 Å². The van der Waals surface area contributed by atoms with Crippen molar-refractivity contribution in [3.63, 3.8) is 0 Å². The van der Waals surface area contributed by atoms with Crippen LogP contribution >= 0.6 is 27.5 Å². The van der Waals surface area contributed by atoms with E-state index in [1.165, 1.54) is 0 Å². The Hall–Kier alpha value is -0.740. The Morgan fingerprint density at radius 2 is 2.32 bits per heavy atom. The zero-order valence-corrected chi connectivity index (χ0v) is 13.4. The van der Waals surface area contributed by atoms with Crippen LogP contribution in [0.3, 0.4) is 0 Å². The largest absolute Gasteiger partial charge is 0.497 e. The number of amides is 1. The van der Waals surface area contributed by atoms with Gasteiger partial charge >= 0.3 is 0 Å². The molecule has 0 aromatic heterocycles. The summed E-state index contributed by atoms with van der Waals surface area (Å²) in [6, 6.07) is 5.54. The molecule has 0 bridgehead atoms. The highest BCUT2D eigenvalue weighted by Crippen LogP contribution is 2.30. The van der Waals surface area contributed by atoms with Crippen LogP contribution in [0.25, 0.3) is 0 Å². The third-order valence-corrected chi connectivity index (χ3v) is 4.71. The second kappa shape index (κ2) is 6.14. The van der Waals surface area contributed by atoms with Crippen molar-refractivity contribution >= 4 is 33.4 Å². The van der Waals surface area contributed by atoms with E-state index in [1.54, 1.807) is 13.2 Å². The van der Waals surface area contributed by atoms with Gasteiger partial charge in [-0.2, -0.15) is 0 Å². The fourth-order valence-corrected chi connectivity index (χ4v) is 3.33. The molecule has 1 saturated heterocycles. The van der Waals surface area contributed by atoms with Crippen molar-refractivity contribution in [2.45, 2.75) is 19.4 Å². The third-order valence-electron chi connectivity index (χ3n) is 3.71. The zero-order valence-electron chi connectivity index (χ0n) is 11.0. The number of ether oxygens (including phenoxy) is 1. The van der Waals surface area contributed by atoms with E-state index in [4.69, 9.17) is 16.3 Å². The van der Waals surface area contributed by atoms with Gasteiger partial charge in [-0.25, -0.2) is 0 Å². The van der Waals surface area contributed by atoms with Gasteiger partial charge in [0.05, 0.1) is 12.7 Å². The van der Waals surface area contributed by atoms with Gasteiger partial charge in [-0.3, -0.25) is 4.79 Å². The van der Waals surface area contributed by atoms with Crippen LogP contribution in [0.1, 0.15) is 23.7 Å². The number of likely N-dealkylation sites (tertiary alicyclic amines) is 1. The quantitative estimate of drug-likeness (QED) is 0.783. The summed E-state index contributed by atoms with van der Waals surface area (Å²) < 4.78 is 5.96. The zero-order chi connectivity index (χ0) is 14.0. The Balaban J connectivity index is 2.29. The van der Waals surface area contributed by atoms with Gasteiger partial charge in [0.15, 0.2) is 0 Å². The topological polar surface area (TPSA) is 29.5 Å². The minimum atomic E-state index is 0.0146. The molecular weight excluding hydrogens is 330 g/mol. The Labute approximate surface area is 127 Å². The molecule has 0 N–H and O–H groups in total. The number of hydrogen-bond acceptors (Lipinski definition) is 2. The van der Waals surface area contributed by atoms with Crippen LogP contribution in [0.4, 0.5) is 0 Å². The fourth-order valence-electron chi connectivity index (χ4n) is 2.45. The van der Waals surface area contributed by atoms with E-state index in [9.17, 15) is 4.79 Å². The normalized spacial score (nSPS) is 22.6. The van der Waals surface area contributed by atoms with Gasteiger partial charge in [-0.15, -0.1) is 11.6 Å². The number of benzene rings is 1. The van der Waals surface area contributed by atoms with E-state index in [0.717, 1.165) is 17.4 Å². The lowest BCUT2D eigenvalue weighted by Crippen LogP contribution is -2.38. The summed E-state index contributed by atoms with van der Waals surface area (Å²) in [6.45, 7) is 2.90. The van der Waals surface area contributed by atoms with Gasteiger partial charge in [0.1, 0.15) is 5.75 Å². The number of carbonyl (C=O) groups is 1. The van der Waals surface area contributed by atoms with Gasteiger partial charge in [-0.1, -0.05) is 6.92 Å². The smallest absolute Gasteiger partial charge is 0.255 e. The molecular formula is C14H17BrClNO2. The van der Waals surface area contributed by atoms with Gasteiger partial charge in [0.2, 0.25) is 0 Å². The minimum Gasteiger partial charge on any atom is -0.497 e. The van der Waals surface area contributed by atoms with E-state index in [1.807, 2.05) is 17.0 Å². The monoisotopic (exact) mass is 345 g/mol. The molecule has 1 aliphatic heterocycles. The van der Waals surface area contributed by atoms with Crippen molar-refractivity contribution < 1.29 is 9.53 Å². The molecule has 1 aliphatic rings. The Kier molecular flexibility index (Phi) is 4.74. The molecule has 3 nitrogen and oxygen atoms in total. The molecule has 1 amide bonds. The Morgan fingerprint density at radius 1 is 1.58 bits per heavy atom. The summed E-state index contributed by atoms with van der Waals surface area (Å²) in [5.41, 5.74) is 0.628. The van der Waals surface area contributed by atoms with E-state index < -0.39 is 0 Å². The molecule has 1 fully saturated rings. The maximum atomic E-state index is 12.6. The first-order valence-corrected chi connectivity index (χ1v) is 7.61. The third kappa shape index (κ3) is 2.90. The summed E-state index contributed by atoms with van der Waals surface area (Å²) >= 11 is 9.43. The van der Waals surface area contributed by atoms with Crippen molar-refractivity contribution in [2.24, 2.45) is 5.92 Å². The summed E-state index contributed by atoms with van der Waals surface area (Å²) in [4.78, 5) is 14.5. The number of carbonyl (C=O) groups excluding carboxylic acids is 1. The fraction of sp³-hybridized carbons (Fsp3) is 0.500. The van der Waals surface area contributed by atoms with E-state index in [0.29, 0.717) is 23.1 Å². The number of hydrogen-bond donors (Lipinski definition) is 0. The maximum Gasteiger partial charge on any atom is 0.255 e. The van der Waals surface area contributed by atoms with Gasteiger partial charge in [-0.05, 0) is 46.5 Å². The van der Waals surface area contributed by atoms with Crippen molar-refractivity contribution in [3.8, 4) is 5.75 Å². The number of halogens is 2. The van der Waals surface area contributed by atoms with Crippen molar-refractivity contribution in [2.75, 3.05) is 19.5 Å². The molecule has 0 radical (unpaired) electrons. The standard InChI is InChI=1S/C14H17BrClNO2/c1-9-5-6-17(13(9)8-16)14(18)11-7-10(19-2)3-4-12(11)15/h3-4,7,9,13H,5-6,8H2,1-2H3. The molecule has 104 valence electrons. The second-order valence-corrected chi connectivity index (χ2v) is 5.99. The summed E-state index contributed by atoms with van der Waals surface area (Å²) in [7, 11) is 1.59. The molecule has 1 aromatic rings. The van der Waals surface area contributed by atoms with Crippen molar-refractivity contribution in [1.82, 2.24) is 4.90 Å². The summed E-state index contributed by atoms with van der Waals surface area (Å²) in [6.07, 6.45) is 1.00. The van der Waals surface area contributed by atoms with Crippen molar-refractivity contribution in [1.29, 1.82) is 0 Å². The van der Waals surface area contributed by atoms with Crippen LogP contribution in [0, 0.1) is 5.92 Å². The molecule has 2 atom stereocenters. The first-order chi connectivity index (χ1) is 9.08. The van der Waals surface area contributed by atoms with Crippen LogP contribution in [0.2, 0.25) is 0 Å². The number of rotatable bonds is 3. The number of methoxy groups -OCH3 is 1. The average molecular weight is 347 g/mol. The molecule has 19 heavy (non-hydrogen) atoms. The second-order valence-electron chi connectivity index (χ2n) is 4.83. The average Bonchev–Trinajstić information content (AvgIpc) is 2.79. The summed E-state index contributed by atoms with van der Waals surface area (Å²) in [5, 5.41) is 0. The molecule has 0 spiro atoms. The van der Waals surface area contributed by atoms with E-state index in [2.05, 4.69) is 22.9 Å². The van der Waals surface area contributed by atoms with E-state index >= 15 is 0 Å². The lowest BCUT2D eigenvalue weighted by Gasteiger charge is -2.25. The predicted molar refractivity (Wildman–Crippen MR) is 80.0 cm³/mol. The molecule has 1 heterocycles. The molecule has 2 rings (SSSR count). The molecule has 0 aliphatic carbocycles. The van der Waals surface area contributed by atoms with Gasteiger partial charge in [0, 0.05) is 22.9 Å². The van der Waals surface area contributed by atoms with Crippen LogP contribution in [0.5, 0.6) is 5.75 Å². The minimum absolute atomic E-state index is 0.0146. The highest BCUT2D eigenvalue weighted by atomic mass is 79.9. The SMILES string of the molecule is COc1ccc(Br)c(C(=O)N2CCC(C)C2CCl)c1.